The highest BCUT2D eigenvalue weighted by Gasteiger charge is 2.31. The van der Waals surface area contributed by atoms with Crippen molar-refractivity contribution >= 4 is 21.2 Å². The molecule has 0 atom stereocenters. The predicted octanol–water partition coefficient (Wildman–Crippen LogP) is 1.11. The first-order valence-electron chi connectivity index (χ1n) is 4.27. The minimum Gasteiger partial charge on any atom is -0.236 e. The van der Waals surface area contributed by atoms with Gasteiger partial charge in [-0.15, -0.1) is 0 Å². The van der Waals surface area contributed by atoms with E-state index >= 15 is 0 Å². The van der Waals surface area contributed by atoms with Gasteiger partial charge in [0.15, 0.2) is 0 Å². The molecule has 0 saturated heterocycles. The van der Waals surface area contributed by atoms with Gasteiger partial charge in [0, 0.05) is 0 Å². The van der Waals surface area contributed by atoms with Gasteiger partial charge in [0.25, 0.3) is 0 Å². The van der Waals surface area contributed by atoms with Gasteiger partial charge in [0.2, 0.25) is 0 Å². The first-order chi connectivity index (χ1) is 7.69. The van der Waals surface area contributed by atoms with Crippen molar-refractivity contribution in [3.05, 3.63) is 30.1 Å². The van der Waals surface area contributed by atoms with E-state index in [0.717, 1.165) is 18.5 Å². The second-order valence-corrected chi connectivity index (χ2v) is 4.71. The Morgan fingerprint density at radius 1 is 1.29 bits per heavy atom. The van der Waals surface area contributed by atoms with E-state index in [9.17, 15) is 21.6 Å². The lowest BCUT2D eigenvalue weighted by atomic mass is 10.2. The zero-order valence-corrected chi connectivity index (χ0v) is 8.96. The molecule has 0 radical (unpaired) electrons. The molecule has 92 valence electrons. The summed E-state index contributed by atoms with van der Waals surface area (Å²) in [7, 11) is -4.16. The number of nitrogens with zero attached hydrogens (tertiary/aromatic N) is 2. The molecular weight excluding hydrogens is 259 g/mol. The van der Waals surface area contributed by atoms with Crippen molar-refractivity contribution in [2.75, 3.05) is 0 Å². The molecule has 0 bridgehead atoms. The average molecular weight is 265 g/mol. The van der Waals surface area contributed by atoms with Crippen molar-refractivity contribution in [2.45, 2.75) is 6.18 Å². The number of rotatable bonds is 1. The molecule has 0 fully saturated rings. The lowest BCUT2D eigenvalue weighted by Crippen LogP contribution is -2.20. The predicted molar refractivity (Wildman–Crippen MR) is 53.2 cm³/mol. The fraction of sp³-hybridized carbons (Fsp3) is 0.125. The van der Waals surface area contributed by atoms with Crippen molar-refractivity contribution in [3.63, 3.8) is 0 Å². The molecule has 2 aromatic rings. The summed E-state index contributed by atoms with van der Waals surface area (Å²) in [4.78, 5) is 3.64. The van der Waals surface area contributed by atoms with E-state index in [1.807, 2.05) is 0 Å². The van der Waals surface area contributed by atoms with Crippen LogP contribution in [0, 0.1) is 0 Å². The van der Waals surface area contributed by atoms with Crippen molar-refractivity contribution in [3.8, 4) is 0 Å². The van der Waals surface area contributed by atoms with Gasteiger partial charge in [0.1, 0.15) is 6.33 Å². The molecule has 2 rings (SSSR count). The summed E-state index contributed by atoms with van der Waals surface area (Å²) in [5, 5.41) is 4.84. The highest BCUT2D eigenvalue weighted by molar-refractivity contribution is 7.87. The number of hydrogen-bond acceptors (Lipinski definition) is 3. The maximum absolute atomic E-state index is 12.4. The van der Waals surface area contributed by atoms with Crippen LogP contribution in [0.15, 0.2) is 24.5 Å². The van der Waals surface area contributed by atoms with Crippen LogP contribution in [0.2, 0.25) is 0 Å². The number of aromatic nitrogens is 2. The van der Waals surface area contributed by atoms with E-state index in [0.29, 0.717) is 10.0 Å². The zero-order valence-electron chi connectivity index (χ0n) is 8.14. The van der Waals surface area contributed by atoms with Gasteiger partial charge in [-0.25, -0.2) is 14.1 Å². The normalized spacial score (nSPS) is 13.2. The molecule has 0 saturated carbocycles. The summed E-state index contributed by atoms with van der Waals surface area (Å²) < 4.78 is 60.0. The number of fused-ring (bicyclic) bond motifs is 1. The van der Waals surface area contributed by atoms with Crippen LogP contribution >= 0.6 is 0 Å². The van der Waals surface area contributed by atoms with Gasteiger partial charge in [0.05, 0.1) is 16.6 Å². The molecule has 5 nitrogen and oxygen atoms in total. The van der Waals surface area contributed by atoms with Crippen molar-refractivity contribution in [2.24, 2.45) is 5.14 Å². The minimum absolute atomic E-state index is 0.118. The Hall–Kier alpha value is -1.61. The van der Waals surface area contributed by atoms with Crippen LogP contribution < -0.4 is 5.14 Å². The third-order valence-electron chi connectivity index (χ3n) is 2.12. The third-order valence-corrected chi connectivity index (χ3v) is 2.96. The molecule has 9 heteroatoms. The Bertz CT molecular complexity index is 675. The van der Waals surface area contributed by atoms with Gasteiger partial charge < -0.3 is 0 Å². The number of alkyl halides is 3. The molecule has 0 aliphatic carbocycles. The summed E-state index contributed by atoms with van der Waals surface area (Å²) in [6.45, 7) is 0. The summed E-state index contributed by atoms with van der Waals surface area (Å²) in [5.74, 6) is 0. The molecule has 0 aliphatic heterocycles. The second kappa shape index (κ2) is 3.44. The third kappa shape index (κ3) is 2.11. The van der Waals surface area contributed by atoms with E-state index < -0.39 is 21.9 Å². The van der Waals surface area contributed by atoms with Crippen LogP contribution in [0.3, 0.4) is 0 Å². The number of halogens is 3. The Labute approximate surface area is 93.8 Å². The molecule has 17 heavy (non-hydrogen) atoms. The average Bonchev–Trinajstić information content (AvgIpc) is 2.57. The van der Waals surface area contributed by atoms with Crippen molar-refractivity contribution in [1.82, 2.24) is 8.96 Å². The first kappa shape index (κ1) is 11.9. The van der Waals surface area contributed by atoms with E-state index in [1.54, 1.807) is 0 Å². The topological polar surface area (TPSA) is 78.0 Å². The Balaban J connectivity index is 2.76. The lowest BCUT2D eigenvalue weighted by molar-refractivity contribution is -0.137. The first-order valence-corrected chi connectivity index (χ1v) is 5.77. The van der Waals surface area contributed by atoms with Gasteiger partial charge in [-0.1, -0.05) is 0 Å². The second-order valence-electron chi connectivity index (χ2n) is 3.29. The lowest BCUT2D eigenvalue weighted by Gasteiger charge is -2.07. The zero-order chi connectivity index (χ0) is 12.8. The fourth-order valence-corrected chi connectivity index (χ4v) is 1.96. The molecule has 2 N–H and O–H groups in total. The molecule has 1 heterocycles. The Morgan fingerprint density at radius 2 is 1.94 bits per heavy atom. The number of hydrogen-bond donors (Lipinski definition) is 1. The fourth-order valence-electron chi connectivity index (χ4n) is 1.37. The van der Waals surface area contributed by atoms with Crippen molar-refractivity contribution in [1.29, 1.82) is 0 Å². The Morgan fingerprint density at radius 3 is 2.47 bits per heavy atom. The van der Waals surface area contributed by atoms with Crippen molar-refractivity contribution < 1.29 is 21.6 Å². The summed E-state index contributed by atoms with van der Waals surface area (Å²) in [5.41, 5.74) is -1.05. The van der Waals surface area contributed by atoms with E-state index in [4.69, 9.17) is 5.14 Å². The van der Waals surface area contributed by atoms with E-state index in [1.165, 1.54) is 0 Å². The number of nitrogens with two attached hydrogens (primary N) is 1. The van der Waals surface area contributed by atoms with E-state index in [-0.39, 0.29) is 11.0 Å². The molecule has 0 unspecified atom stereocenters. The standard InChI is InChI=1S/C8H6F3N3O2S/c9-8(10,11)5-1-2-6-7(3-5)14(4-13-6)17(12,15)16/h1-4H,(H2,12,15,16). The number of benzene rings is 1. The molecule has 0 amide bonds. The SMILES string of the molecule is NS(=O)(=O)n1cnc2ccc(C(F)(F)F)cc21. The highest BCUT2D eigenvalue weighted by atomic mass is 32.2. The van der Waals surface area contributed by atoms with Crippen LogP contribution in [0.4, 0.5) is 13.2 Å². The summed E-state index contributed by atoms with van der Waals surface area (Å²) in [6.07, 6.45) is -3.69. The Kier molecular flexibility index (Phi) is 2.40. The van der Waals surface area contributed by atoms with Crippen LogP contribution in [-0.2, 0) is 16.4 Å². The summed E-state index contributed by atoms with van der Waals surface area (Å²) in [6, 6.07) is 2.59. The maximum atomic E-state index is 12.4. The molecule has 0 spiro atoms. The molecular formula is C8H6F3N3O2S. The van der Waals surface area contributed by atoms with Crippen LogP contribution in [0.1, 0.15) is 5.56 Å². The van der Waals surface area contributed by atoms with Crippen LogP contribution in [0.5, 0.6) is 0 Å². The largest absolute Gasteiger partial charge is 0.416 e. The quantitative estimate of drug-likeness (QED) is 0.838. The van der Waals surface area contributed by atoms with Gasteiger partial charge in [-0.05, 0) is 18.2 Å². The van der Waals surface area contributed by atoms with Crippen LogP contribution in [-0.4, -0.2) is 17.4 Å². The van der Waals surface area contributed by atoms with E-state index in [2.05, 4.69) is 4.98 Å². The summed E-state index contributed by atoms with van der Waals surface area (Å²) >= 11 is 0. The van der Waals surface area contributed by atoms with Gasteiger partial charge >= 0.3 is 16.4 Å². The molecule has 1 aromatic carbocycles. The monoisotopic (exact) mass is 265 g/mol. The van der Waals surface area contributed by atoms with Gasteiger partial charge in [-0.2, -0.15) is 21.6 Å². The minimum atomic E-state index is -4.55. The van der Waals surface area contributed by atoms with Crippen LogP contribution in [0.25, 0.3) is 11.0 Å². The number of imidazole rings is 1. The highest BCUT2D eigenvalue weighted by Crippen LogP contribution is 2.31. The molecule has 0 aliphatic rings. The smallest absolute Gasteiger partial charge is 0.236 e. The molecule has 1 aromatic heterocycles. The maximum Gasteiger partial charge on any atom is 0.416 e. The van der Waals surface area contributed by atoms with Gasteiger partial charge in [-0.3, -0.25) is 0 Å².